The van der Waals surface area contributed by atoms with Gasteiger partial charge in [0.05, 0.1) is 0 Å². The summed E-state index contributed by atoms with van der Waals surface area (Å²) in [5.74, 6) is 1.53. The van der Waals surface area contributed by atoms with Crippen LogP contribution >= 0.6 is 0 Å². The Kier molecular flexibility index (Phi) is 3.47. The predicted molar refractivity (Wildman–Crippen MR) is 26.5 cm³/mol. The van der Waals surface area contributed by atoms with E-state index in [-0.39, 0.29) is 0 Å². The Labute approximate surface area is 46.9 Å². The molecule has 0 atom stereocenters. The molecule has 0 aromatic rings. The van der Waals surface area contributed by atoms with Gasteiger partial charge in [-0.15, -0.1) is 0 Å². The zero-order valence-corrected chi connectivity index (χ0v) is 6.21. The summed E-state index contributed by atoms with van der Waals surface area (Å²) >= 11 is 1.86. The molecule has 0 unspecified atom stereocenters. The van der Waals surface area contributed by atoms with E-state index >= 15 is 0 Å². The van der Waals surface area contributed by atoms with Gasteiger partial charge in [-0.05, 0) is 0 Å². The Hall–Kier alpha value is 0.790. The average Bonchev–Trinajstić information content (AvgIpc) is 1.38. The van der Waals surface area contributed by atoms with Crippen LogP contribution in [0.4, 0.5) is 0 Å². The topological polar surface area (TPSA) is 0 Å². The maximum absolute atomic E-state index is 2.15. The van der Waals surface area contributed by atoms with Crippen molar-refractivity contribution in [2.75, 3.05) is 0 Å². The van der Waals surface area contributed by atoms with Crippen molar-refractivity contribution in [1.82, 2.24) is 0 Å². The molecule has 0 heterocycles. The minimum atomic E-state index is 1.27. The molecule has 1 heteroatoms. The van der Waals surface area contributed by atoms with Crippen LogP contribution in [0.15, 0.2) is 0 Å². The van der Waals surface area contributed by atoms with Gasteiger partial charge in [0.1, 0.15) is 0 Å². The molecule has 0 saturated heterocycles. The fraction of sp³-hybridized carbons (Fsp3) is 0.750. The maximum atomic E-state index is 2.15. The summed E-state index contributed by atoms with van der Waals surface area (Å²) in [7, 11) is 0. The Morgan fingerprint density at radius 3 is 1.80 bits per heavy atom. The molecule has 5 heavy (non-hydrogen) atoms. The van der Waals surface area contributed by atoms with Crippen molar-refractivity contribution in [3.8, 4) is 0 Å². The predicted octanol–water partition coefficient (Wildman–Crippen LogP) is 0.920. The molecule has 0 N–H and O–H groups in total. The van der Waals surface area contributed by atoms with E-state index in [1.54, 1.807) is 0 Å². The zero-order chi connectivity index (χ0) is 4.28. The normalized spacial score (nSPS) is 9.60. The van der Waals surface area contributed by atoms with Gasteiger partial charge in [-0.2, -0.15) is 0 Å². The monoisotopic (exact) mass is 187 g/mol. The first kappa shape index (κ1) is 5.79. The van der Waals surface area contributed by atoms with E-state index in [0.717, 1.165) is 0 Å². The standard InChI is InChI=1S/C4H9Te/c1-4(2)3-5/h5H,3H2,1-2H3. The van der Waals surface area contributed by atoms with E-state index in [4.69, 9.17) is 0 Å². The second kappa shape index (κ2) is 3.00. The molecule has 31 valence electrons. The van der Waals surface area contributed by atoms with Crippen LogP contribution in [0.5, 0.6) is 0 Å². The van der Waals surface area contributed by atoms with Gasteiger partial charge in [-0.1, -0.05) is 0 Å². The molecule has 0 aromatic heterocycles. The molecule has 0 nitrogen and oxygen atoms in total. The molecule has 0 aliphatic rings. The second-order valence-corrected chi connectivity index (χ2v) is 2.27. The second-order valence-electron chi connectivity index (χ2n) is 1.37. The quantitative estimate of drug-likeness (QED) is 0.532. The molecule has 1 radical (unpaired) electrons. The van der Waals surface area contributed by atoms with E-state index in [9.17, 15) is 0 Å². The molecule has 0 fully saturated rings. The minimum absolute atomic E-state index is 1.27. The first-order valence-electron chi connectivity index (χ1n) is 1.67. The van der Waals surface area contributed by atoms with E-state index in [2.05, 4.69) is 13.8 Å². The van der Waals surface area contributed by atoms with Crippen molar-refractivity contribution >= 4 is 22.3 Å². The van der Waals surface area contributed by atoms with Crippen LogP contribution < -0.4 is 0 Å². The van der Waals surface area contributed by atoms with Crippen molar-refractivity contribution in [3.05, 3.63) is 5.92 Å². The SMILES string of the molecule is C[C](C)C[TeH]. The molecule has 0 aliphatic carbocycles. The third-order valence-corrected chi connectivity index (χ3v) is 2.12. The van der Waals surface area contributed by atoms with Gasteiger partial charge in [0.15, 0.2) is 0 Å². The summed E-state index contributed by atoms with van der Waals surface area (Å²) in [5, 5.41) is 0. The van der Waals surface area contributed by atoms with Gasteiger partial charge >= 0.3 is 46.5 Å². The third-order valence-electron chi connectivity index (χ3n) is 0.316. The van der Waals surface area contributed by atoms with Crippen LogP contribution in [0.25, 0.3) is 0 Å². The summed E-state index contributed by atoms with van der Waals surface area (Å²) in [6.45, 7) is 4.30. The van der Waals surface area contributed by atoms with Crippen molar-refractivity contribution in [1.29, 1.82) is 0 Å². The van der Waals surface area contributed by atoms with Crippen LogP contribution in [0.2, 0.25) is 4.47 Å². The summed E-state index contributed by atoms with van der Waals surface area (Å²) in [4.78, 5) is 0. The summed E-state index contributed by atoms with van der Waals surface area (Å²) in [6.07, 6.45) is 0. The Balaban J connectivity index is 2.54. The van der Waals surface area contributed by atoms with E-state index in [1.807, 2.05) is 22.3 Å². The molecule has 0 bridgehead atoms. The van der Waals surface area contributed by atoms with Gasteiger partial charge in [0, 0.05) is 0 Å². The van der Waals surface area contributed by atoms with Gasteiger partial charge in [-0.3, -0.25) is 0 Å². The van der Waals surface area contributed by atoms with Crippen LogP contribution in [-0.4, -0.2) is 22.3 Å². The van der Waals surface area contributed by atoms with Gasteiger partial charge in [0.25, 0.3) is 0 Å². The number of hydrogen-bond acceptors (Lipinski definition) is 0. The molecule has 0 saturated carbocycles. The van der Waals surface area contributed by atoms with Gasteiger partial charge < -0.3 is 0 Å². The molecule has 0 aromatic carbocycles. The first-order chi connectivity index (χ1) is 2.27. The van der Waals surface area contributed by atoms with Crippen LogP contribution in [0.3, 0.4) is 0 Å². The van der Waals surface area contributed by atoms with Crippen molar-refractivity contribution in [3.63, 3.8) is 0 Å². The third kappa shape index (κ3) is 4.79. The summed E-state index contributed by atoms with van der Waals surface area (Å²) in [5.41, 5.74) is 0. The fourth-order valence-electron chi connectivity index (χ4n) is 0. The van der Waals surface area contributed by atoms with Gasteiger partial charge in [0.2, 0.25) is 0 Å². The Bertz CT molecular complexity index is 17.6. The number of hydrogen-bond donors (Lipinski definition) is 0. The molecule has 0 amide bonds. The molecule has 0 aliphatic heterocycles. The molecule has 0 spiro atoms. The van der Waals surface area contributed by atoms with E-state index < -0.39 is 0 Å². The zero-order valence-electron chi connectivity index (χ0n) is 3.65. The van der Waals surface area contributed by atoms with E-state index in [1.165, 1.54) is 10.4 Å². The molecule has 0 rings (SSSR count). The van der Waals surface area contributed by atoms with Crippen molar-refractivity contribution in [2.24, 2.45) is 0 Å². The Morgan fingerprint density at radius 1 is 1.60 bits per heavy atom. The molecular weight excluding hydrogens is 176 g/mol. The fourth-order valence-corrected chi connectivity index (χ4v) is 0. The van der Waals surface area contributed by atoms with E-state index in [0.29, 0.717) is 0 Å². The van der Waals surface area contributed by atoms with Crippen LogP contribution in [0.1, 0.15) is 13.8 Å². The van der Waals surface area contributed by atoms with Crippen molar-refractivity contribution in [2.45, 2.75) is 18.3 Å². The molecular formula is C4H9Te. The summed E-state index contributed by atoms with van der Waals surface area (Å²) < 4.78 is 1.27. The average molecular weight is 185 g/mol. The number of rotatable bonds is 1. The van der Waals surface area contributed by atoms with Crippen LogP contribution in [-0.2, 0) is 0 Å². The summed E-state index contributed by atoms with van der Waals surface area (Å²) in [6, 6.07) is 0. The first-order valence-corrected chi connectivity index (χ1v) is 3.47. The van der Waals surface area contributed by atoms with Crippen LogP contribution in [0, 0.1) is 5.92 Å². The van der Waals surface area contributed by atoms with Gasteiger partial charge in [-0.25, -0.2) is 0 Å². The Morgan fingerprint density at radius 2 is 1.80 bits per heavy atom. The van der Waals surface area contributed by atoms with Crippen molar-refractivity contribution < 1.29 is 0 Å².